The number of carbonyl (C=O) groups excluding carboxylic acids is 1. The fraction of sp³-hybridized carbons (Fsp3) is 0.846. The predicted octanol–water partition coefficient (Wildman–Crippen LogP) is 3.11. The Morgan fingerprint density at radius 1 is 1.40 bits per heavy atom. The van der Waals surface area contributed by atoms with Gasteiger partial charge in [-0.3, -0.25) is 4.79 Å². The Hall–Kier alpha value is -0.720. The molecule has 0 aromatic carbocycles. The van der Waals surface area contributed by atoms with E-state index in [9.17, 15) is 18.0 Å². The molecule has 1 amide bonds. The van der Waals surface area contributed by atoms with Crippen molar-refractivity contribution in [3.63, 3.8) is 0 Å². The van der Waals surface area contributed by atoms with Crippen molar-refractivity contribution in [1.29, 1.82) is 0 Å². The summed E-state index contributed by atoms with van der Waals surface area (Å²) in [5, 5.41) is 3.58. The van der Waals surface area contributed by atoms with Crippen molar-refractivity contribution in [2.45, 2.75) is 56.0 Å². The van der Waals surface area contributed by atoms with Crippen LogP contribution in [-0.4, -0.2) is 28.0 Å². The van der Waals surface area contributed by atoms with Crippen LogP contribution in [0.25, 0.3) is 0 Å². The quantitative estimate of drug-likeness (QED) is 0.852. The van der Waals surface area contributed by atoms with Crippen LogP contribution >= 0.6 is 11.8 Å². The van der Waals surface area contributed by atoms with E-state index in [-0.39, 0.29) is 6.04 Å². The molecule has 2 aliphatic carbocycles. The highest BCUT2D eigenvalue weighted by atomic mass is 32.2. The van der Waals surface area contributed by atoms with E-state index in [0.29, 0.717) is 11.1 Å². The molecule has 0 aromatic heterocycles. The third kappa shape index (κ3) is 2.69. The van der Waals surface area contributed by atoms with E-state index in [1.54, 1.807) is 0 Å². The number of aliphatic imine (C=N–C) groups is 1. The van der Waals surface area contributed by atoms with Crippen LogP contribution in [-0.2, 0) is 4.79 Å². The number of amidine groups is 1. The van der Waals surface area contributed by atoms with Crippen molar-refractivity contribution in [2.75, 3.05) is 0 Å². The Bertz CT molecular complexity index is 465. The number of amides is 1. The maximum Gasteiger partial charge on any atom is 0.390 e. The lowest BCUT2D eigenvalue weighted by atomic mass is 9.96. The van der Waals surface area contributed by atoms with Gasteiger partial charge in [0, 0.05) is 6.04 Å². The summed E-state index contributed by atoms with van der Waals surface area (Å²) in [6, 6.07) is 0.279. The molecule has 0 aromatic rings. The molecular weight excluding hydrogens is 289 g/mol. The van der Waals surface area contributed by atoms with Gasteiger partial charge in [0.25, 0.3) is 5.91 Å². The lowest BCUT2D eigenvalue weighted by Crippen LogP contribution is -2.38. The summed E-state index contributed by atoms with van der Waals surface area (Å²) in [6.45, 7) is 1.33. The first kappa shape index (κ1) is 14.2. The smallest absolute Gasteiger partial charge is 0.361 e. The van der Waals surface area contributed by atoms with Gasteiger partial charge >= 0.3 is 6.18 Å². The molecule has 2 fully saturated rings. The summed E-state index contributed by atoms with van der Waals surface area (Å²) in [5.74, 6) is 0.653. The maximum atomic E-state index is 12.5. The van der Waals surface area contributed by atoms with Gasteiger partial charge in [-0.25, -0.2) is 0 Å². The number of nitrogens with one attached hydrogen (secondary N) is 1. The molecular formula is C13H17F3N2OS. The minimum atomic E-state index is -4.35. The molecule has 2 bridgehead atoms. The summed E-state index contributed by atoms with van der Waals surface area (Å²) in [7, 11) is 0. The number of rotatable bonds is 2. The van der Waals surface area contributed by atoms with Gasteiger partial charge in [-0.1, -0.05) is 18.2 Å². The second kappa shape index (κ2) is 4.64. The number of thioether (sulfide) groups is 1. The Kier molecular flexibility index (Phi) is 3.30. The standard InChI is InChI=1S/C13H17F3N2OS/c1-12(6-13(14,15)16)10(19)18-11(20-12)17-9-5-7-2-3-8(9)4-7/h7-9H,2-6H2,1H3,(H,17,18,19)/t7-,8+,9+,12+/m1/s1. The zero-order valence-electron chi connectivity index (χ0n) is 11.2. The third-order valence-electron chi connectivity index (χ3n) is 4.56. The van der Waals surface area contributed by atoms with Crippen molar-refractivity contribution in [2.24, 2.45) is 16.8 Å². The molecule has 2 saturated carbocycles. The Morgan fingerprint density at radius 2 is 2.15 bits per heavy atom. The predicted molar refractivity (Wildman–Crippen MR) is 71.5 cm³/mol. The van der Waals surface area contributed by atoms with Crippen LogP contribution in [0.15, 0.2) is 4.99 Å². The van der Waals surface area contributed by atoms with Gasteiger partial charge in [-0.05, 0) is 38.0 Å². The second-order valence-electron chi connectivity index (χ2n) is 6.27. The largest absolute Gasteiger partial charge is 0.390 e. The van der Waals surface area contributed by atoms with Crippen molar-refractivity contribution < 1.29 is 18.0 Å². The van der Waals surface area contributed by atoms with Gasteiger partial charge in [-0.15, -0.1) is 0 Å². The average molecular weight is 306 g/mol. The van der Waals surface area contributed by atoms with Crippen LogP contribution in [0.3, 0.4) is 0 Å². The number of carbonyl (C=O) groups is 1. The number of hydrogen-bond acceptors (Lipinski definition) is 3. The topological polar surface area (TPSA) is 41.5 Å². The lowest BCUT2D eigenvalue weighted by molar-refractivity contribution is -0.147. The van der Waals surface area contributed by atoms with Crippen LogP contribution < -0.4 is 5.32 Å². The molecule has 20 heavy (non-hydrogen) atoms. The van der Waals surface area contributed by atoms with Gasteiger partial charge in [0.15, 0.2) is 5.17 Å². The molecule has 0 spiro atoms. The van der Waals surface area contributed by atoms with Crippen LogP contribution in [0.1, 0.15) is 39.0 Å². The van der Waals surface area contributed by atoms with E-state index in [1.165, 1.54) is 26.2 Å². The summed E-state index contributed by atoms with van der Waals surface area (Å²) in [5.41, 5.74) is 0. The van der Waals surface area contributed by atoms with Gasteiger partial charge in [0.1, 0.15) is 4.75 Å². The Balaban J connectivity index is 1.63. The van der Waals surface area contributed by atoms with Crippen LogP contribution in [0.2, 0.25) is 0 Å². The highest BCUT2D eigenvalue weighted by molar-refractivity contribution is 8.16. The van der Waals surface area contributed by atoms with Crippen molar-refractivity contribution in [3.8, 4) is 0 Å². The summed E-state index contributed by atoms with van der Waals surface area (Å²) in [6.07, 6.45) is -0.803. The molecule has 3 aliphatic rings. The highest BCUT2D eigenvalue weighted by Gasteiger charge is 2.50. The molecule has 1 aliphatic heterocycles. The van der Waals surface area contributed by atoms with Crippen LogP contribution in [0, 0.1) is 11.8 Å². The number of hydrogen-bond donors (Lipinski definition) is 1. The SMILES string of the molecule is C[C@@]1(CC(F)(F)F)SC(N[C@H]2C[C@@H]3CC[C@H]2C3)=NC1=O. The van der Waals surface area contributed by atoms with Crippen molar-refractivity contribution >= 4 is 22.8 Å². The van der Waals surface area contributed by atoms with E-state index in [4.69, 9.17) is 0 Å². The molecule has 3 rings (SSSR count). The molecule has 4 atom stereocenters. The molecule has 0 unspecified atom stereocenters. The van der Waals surface area contributed by atoms with E-state index >= 15 is 0 Å². The van der Waals surface area contributed by atoms with Crippen molar-refractivity contribution in [3.05, 3.63) is 0 Å². The molecule has 112 valence electrons. The molecule has 3 nitrogen and oxygen atoms in total. The van der Waals surface area contributed by atoms with Crippen molar-refractivity contribution in [1.82, 2.24) is 5.32 Å². The van der Waals surface area contributed by atoms with E-state index < -0.39 is 23.3 Å². The number of alkyl halides is 3. The minimum absolute atomic E-state index is 0.279. The maximum absolute atomic E-state index is 12.5. The number of nitrogens with zero attached hydrogens (tertiary/aromatic N) is 1. The fourth-order valence-electron chi connectivity index (χ4n) is 3.63. The first-order valence-electron chi connectivity index (χ1n) is 6.91. The zero-order valence-corrected chi connectivity index (χ0v) is 12.0. The van der Waals surface area contributed by atoms with Gasteiger partial charge in [0.2, 0.25) is 0 Å². The first-order chi connectivity index (χ1) is 9.25. The van der Waals surface area contributed by atoms with Crippen LogP contribution in [0.4, 0.5) is 13.2 Å². The monoisotopic (exact) mass is 306 g/mol. The molecule has 1 N–H and O–H groups in total. The zero-order chi connectivity index (χ0) is 14.5. The molecule has 0 radical (unpaired) electrons. The normalized spacial score (nSPS) is 40.3. The molecule has 7 heteroatoms. The Labute approximate surface area is 119 Å². The summed E-state index contributed by atoms with van der Waals surface area (Å²) >= 11 is 0.932. The summed E-state index contributed by atoms with van der Waals surface area (Å²) in [4.78, 5) is 15.6. The molecule has 1 heterocycles. The van der Waals surface area contributed by atoms with E-state index in [0.717, 1.165) is 24.1 Å². The molecule has 0 saturated heterocycles. The van der Waals surface area contributed by atoms with Gasteiger partial charge < -0.3 is 5.32 Å². The van der Waals surface area contributed by atoms with Gasteiger partial charge in [-0.2, -0.15) is 18.2 Å². The fourth-order valence-corrected chi connectivity index (χ4v) is 4.76. The van der Waals surface area contributed by atoms with Gasteiger partial charge in [0.05, 0.1) is 6.42 Å². The van der Waals surface area contributed by atoms with E-state index in [2.05, 4.69) is 10.3 Å². The average Bonchev–Trinajstić information content (AvgIpc) is 2.92. The first-order valence-corrected chi connectivity index (χ1v) is 7.72. The lowest BCUT2D eigenvalue weighted by Gasteiger charge is -2.25. The second-order valence-corrected chi connectivity index (χ2v) is 7.76. The third-order valence-corrected chi connectivity index (χ3v) is 5.73. The van der Waals surface area contributed by atoms with Crippen LogP contribution in [0.5, 0.6) is 0 Å². The number of fused-ring (bicyclic) bond motifs is 2. The minimum Gasteiger partial charge on any atom is -0.361 e. The highest BCUT2D eigenvalue weighted by Crippen LogP contribution is 2.46. The number of halogens is 3. The van der Waals surface area contributed by atoms with E-state index in [1.807, 2.05) is 0 Å². The summed E-state index contributed by atoms with van der Waals surface area (Å²) < 4.78 is 36.1. The Morgan fingerprint density at radius 3 is 2.70 bits per heavy atom.